The summed E-state index contributed by atoms with van der Waals surface area (Å²) in [6.07, 6.45) is 11.8. The van der Waals surface area contributed by atoms with Crippen LogP contribution in [0.1, 0.15) is 25.7 Å². The molecule has 10 heteroatoms. The summed E-state index contributed by atoms with van der Waals surface area (Å²) in [6, 6.07) is 4.27. The Balaban J connectivity index is 1.36. The Kier molecular flexibility index (Phi) is 14.4. The van der Waals surface area contributed by atoms with E-state index in [1.807, 2.05) is 24.8 Å². The molecule has 0 radical (unpaired) electrons. The van der Waals surface area contributed by atoms with Crippen LogP contribution in [-0.2, 0) is 0 Å². The molecule has 0 saturated heterocycles. The summed E-state index contributed by atoms with van der Waals surface area (Å²) in [6.45, 7) is 11.7. The van der Waals surface area contributed by atoms with Crippen molar-refractivity contribution < 1.29 is 0 Å². The van der Waals surface area contributed by atoms with Gasteiger partial charge in [-0.3, -0.25) is 9.97 Å². The monoisotopic (exact) mass is 498 g/mol. The van der Waals surface area contributed by atoms with Gasteiger partial charge in [0.25, 0.3) is 0 Å². The molecule has 0 spiro atoms. The third kappa shape index (κ3) is 12.9. The first-order valence-corrected chi connectivity index (χ1v) is 13.6. The Hall–Kier alpha value is -2.66. The number of anilines is 4. The van der Waals surface area contributed by atoms with Crippen molar-refractivity contribution in [3.05, 3.63) is 36.9 Å². The number of pyridine rings is 2. The Bertz CT molecular complexity index is 693. The van der Waals surface area contributed by atoms with E-state index in [2.05, 4.69) is 64.6 Å². The van der Waals surface area contributed by atoms with Crippen LogP contribution in [0.3, 0.4) is 0 Å². The molecular formula is C26H46N10. The molecule has 0 aliphatic carbocycles. The van der Waals surface area contributed by atoms with Gasteiger partial charge in [-0.05, 0) is 64.0 Å². The van der Waals surface area contributed by atoms with Crippen LogP contribution in [0.25, 0.3) is 0 Å². The minimum absolute atomic E-state index is 0.931. The first-order valence-electron chi connectivity index (χ1n) is 13.6. The lowest BCUT2D eigenvalue weighted by Crippen LogP contribution is -2.30. The summed E-state index contributed by atoms with van der Waals surface area (Å²) in [5, 5.41) is 27.9. The SMILES string of the molecule is c1ncc2cc1NCCCNCCNCCCNc1cncc(c1)NCCCNCCNCCCN2. The highest BCUT2D eigenvalue weighted by molar-refractivity contribution is 5.54. The molecule has 10 nitrogen and oxygen atoms in total. The molecule has 0 amide bonds. The normalized spacial score (nSPS) is 18.9. The van der Waals surface area contributed by atoms with E-state index >= 15 is 0 Å². The van der Waals surface area contributed by atoms with Gasteiger partial charge < -0.3 is 42.5 Å². The zero-order valence-corrected chi connectivity index (χ0v) is 21.7. The highest BCUT2D eigenvalue weighted by Gasteiger charge is 1.99. The molecule has 8 N–H and O–H groups in total. The number of nitrogens with zero attached hydrogens (tertiary/aromatic N) is 2. The van der Waals surface area contributed by atoms with Crippen LogP contribution < -0.4 is 42.5 Å². The van der Waals surface area contributed by atoms with Gasteiger partial charge in [-0.15, -0.1) is 0 Å². The van der Waals surface area contributed by atoms with Crippen molar-refractivity contribution in [3.63, 3.8) is 0 Å². The van der Waals surface area contributed by atoms with Gasteiger partial charge in [-0.2, -0.15) is 0 Å². The Morgan fingerprint density at radius 2 is 0.639 bits per heavy atom. The van der Waals surface area contributed by atoms with Gasteiger partial charge in [0.1, 0.15) is 0 Å². The third-order valence-corrected chi connectivity index (χ3v) is 5.87. The van der Waals surface area contributed by atoms with Crippen molar-refractivity contribution in [2.45, 2.75) is 25.7 Å². The Morgan fingerprint density at radius 3 is 0.917 bits per heavy atom. The second-order valence-electron chi connectivity index (χ2n) is 9.05. The number of aromatic nitrogens is 2. The molecule has 1 aliphatic rings. The topological polar surface area (TPSA) is 122 Å². The Labute approximate surface area is 216 Å². The largest absolute Gasteiger partial charge is 0.384 e. The first kappa shape index (κ1) is 27.9. The minimum Gasteiger partial charge on any atom is -0.384 e. The maximum absolute atomic E-state index is 4.36. The smallest absolute Gasteiger partial charge is 0.0547 e. The molecule has 36 heavy (non-hydrogen) atoms. The molecular weight excluding hydrogens is 452 g/mol. The van der Waals surface area contributed by atoms with Gasteiger partial charge in [-0.1, -0.05) is 0 Å². The van der Waals surface area contributed by atoms with Crippen molar-refractivity contribution in [1.29, 1.82) is 0 Å². The summed E-state index contributed by atoms with van der Waals surface area (Å²) in [5.41, 5.74) is 4.27. The standard InChI is InChI=1S/C26H46N10/c1-5-27-13-14-28-6-2-11-35-25-18-26(22-32-21-25)36-12-4-8-30-16-15-29-7-3-10-34-24-17-23(33-9-1)19-31-20-24/h17-22,27-30,33-36H,1-16H2. The molecule has 1 aliphatic heterocycles. The number of hydrogen-bond acceptors (Lipinski definition) is 10. The zero-order valence-electron chi connectivity index (χ0n) is 21.7. The van der Waals surface area contributed by atoms with E-state index in [-0.39, 0.29) is 0 Å². The number of fused-ring (bicyclic) bond motifs is 4. The molecule has 0 fully saturated rings. The van der Waals surface area contributed by atoms with Crippen molar-refractivity contribution >= 4 is 22.7 Å². The molecule has 0 saturated carbocycles. The van der Waals surface area contributed by atoms with E-state index in [0.29, 0.717) is 0 Å². The predicted molar refractivity (Wildman–Crippen MR) is 152 cm³/mol. The van der Waals surface area contributed by atoms with Crippen molar-refractivity contribution in [1.82, 2.24) is 31.2 Å². The summed E-state index contributed by atoms with van der Waals surface area (Å²) in [7, 11) is 0. The number of hydrogen-bond donors (Lipinski definition) is 8. The summed E-state index contributed by atoms with van der Waals surface area (Å²) in [5.74, 6) is 0. The molecule has 3 heterocycles. The van der Waals surface area contributed by atoms with E-state index in [0.717, 1.165) is 127 Å². The van der Waals surface area contributed by atoms with E-state index < -0.39 is 0 Å². The van der Waals surface area contributed by atoms with Crippen LogP contribution in [0.2, 0.25) is 0 Å². The van der Waals surface area contributed by atoms with E-state index in [9.17, 15) is 0 Å². The lowest BCUT2D eigenvalue weighted by Gasteiger charge is -2.12. The molecule has 2 aromatic rings. The van der Waals surface area contributed by atoms with Crippen molar-refractivity contribution in [2.75, 3.05) is 99.8 Å². The van der Waals surface area contributed by atoms with E-state index in [1.54, 1.807) is 0 Å². The second kappa shape index (κ2) is 18.6. The minimum atomic E-state index is 0.931. The summed E-state index contributed by atoms with van der Waals surface area (Å²) >= 11 is 0. The average Bonchev–Trinajstić information content (AvgIpc) is 2.90. The first-order chi connectivity index (χ1) is 17.9. The fraction of sp³-hybridized carbons (Fsp3) is 0.615. The molecule has 3 rings (SSSR count). The zero-order chi connectivity index (χ0) is 24.9. The molecule has 200 valence electrons. The van der Waals surface area contributed by atoms with Crippen molar-refractivity contribution in [3.8, 4) is 0 Å². The number of nitrogens with one attached hydrogen (secondary N) is 8. The predicted octanol–water partition coefficient (Wildman–Crippen LogP) is 1.76. The quantitative estimate of drug-likeness (QED) is 0.273. The van der Waals surface area contributed by atoms with Gasteiger partial charge in [0.05, 0.1) is 47.5 Å². The Morgan fingerprint density at radius 1 is 0.361 bits per heavy atom. The average molecular weight is 499 g/mol. The van der Waals surface area contributed by atoms with Gasteiger partial charge >= 0.3 is 0 Å². The van der Waals surface area contributed by atoms with E-state index in [1.165, 1.54) is 0 Å². The number of rotatable bonds is 0. The van der Waals surface area contributed by atoms with Gasteiger partial charge in [-0.25, -0.2) is 0 Å². The highest BCUT2D eigenvalue weighted by Crippen LogP contribution is 2.13. The molecule has 0 atom stereocenters. The van der Waals surface area contributed by atoms with Gasteiger partial charge in [0.2, 0.25) is 0 Å². The molecule has 0 aromatic carbocycles. The third-order valence-electron chi connectivity index (χ3n) is 5.87. The fourth-order valence-electron chi connectivity index (χ4n) is 3.90. The highest BCUT2D eigenvalue weighted by atomic mass is 15.0. The molecule has 4 bridgehead atoms. The van der Waals surface area contributed by atoms with Crippen molar-refractivity contribution in [2.24, 2.45) is 0 Å². The van der Waals surface area contributed by atoms with Gasteiger partial charge in [0.15, 0.2) is 0 Å². The fourth-order valence-corrected chi connectivity index (χ4v) is 3.90. The molecule has 2 aromatic heterocycles. The molecule has 0 unspecified atom stereocenters. The van der Waals surface area contributed by atoms with Crippen LogP contribution in [0.4, 0.5) is 22.7 Å². The van der Waals surface area contributed by atoms with Crippen LogP contribution in [0.5, 0.6) is 0 Å². The van der Waals surface area contributed by atoms with Crippen LogP contribution in [0, 0.1) is 0 Å². The van der Waals surface area contributed by atoms with Crippen LogP contribution in [-0.4, -0.2) is 88.5 Å². The summed E-state index contributed by atoms with van der Waals surface area (Å²) in [4.78, 5) is 8.71. The van der Waals surface area contributed by atoms with Crippen LogP contribution >= 0.6 is 0 Å². The maximum atomic E-state index is 4.36. The lowest BCUT2D eigenvalue weighted by atomic mass is 10.3. The summed E-state index contributed by atoms with van der Waals surface area (Å²) < 4.78 is 0. The van der Waals surface area contributed by atoms with E-state index in [4.69, 9.17) is 0 Å². The van der Waals surface area contributed by atoms with Crippen LogP contribution in [0.15, 0.2) is 36.9 Å². The lowest BCUT2D eigenvalue weighted by molar-refractivity contribution is 0.595. The second-order valence-corrected chi connectivity index (χ2v) is 9.05. The van der Waals surface area contributed by atoms with Gasteiger partial charge in [0, 0.05) is 52.4 Å². The maximum Gasteiger partial charge on any atom is 0.0547 e.